The van der Waals surface area contributed by atoms with Crippen LogP contribution in [0.15, 0.2) is 47.8 Å². The number of benzene rings is 1. The maximum atomic E-state index is 14.3. The van der Waals surface area contributed by atoms with Crippen LogP contribution in [0.3, 0.4) is 0 Å². The Bertz CT molecular complexity index is 1020. The van der Waals surface area contributed by atoms with Gasteiger partial charge in [-0.2, -0.15) is 5.10 Å². The molecule has 1 saturated heterocycles. The van der Waals surface area contributed by atoms with Crippen molar-refractivity contribution in [3.05, 3.63) is 64.9 Å². The molecule has 0 radical (unpaired) electrons. The zero-order chi connectivity index (χ0) is 19.3. The predicted molar refractivity (Wildman–Crippen MR) is 104 cm³/mol. The fraction of sp³-hybridized carbons (Fsp3) is 0.333. The molecule has 2 fully saturated rings. The zero-order valence-electron chi connectivity index (χ0n) is 15.1. The van der Waals surface area contributed by atoms with E-state index in [2.05, 4.69) is 10.2 Å². The number of amides is 1. The van der Waals surface area contributed by atoms with Crippen molar-refractivity contribution in [3.8, 4) is 10.6 Å². The van der Waals surface area contributed by atoms with Crippen molar-refractivity contribution in [2.75, 3.05) is 13.1 Å². The Morgan fingerprint density at radius 1 is 1.29 bits per heavy atom. The van der Waals surface area contributed by atoms with Crippen LogP contribution in [0.5, 0.6) is 0 Å². The Labute approximate surface area is 165 Å². The van der Waals surface area contributed by atoms with Crippen molar-refractivity contribution in [3.63, 3.8) is 0 Å². The van der Waals surface area contributed by atoms with Gasteiger partial charge in [-0.15, -0.1) is 11.3 Å². The lowest BCUT2D eigenvalue weighted by Crippen LogP contribution is -2.37. The van der Waals surface area contributed by atoms with Gasteiger partial charge in [-0.25, -0.2) is 4.39 Å². The number of nitrogens with one attached hydrogen (secondary N) is 1. The number of carbonyl (C=O) groups is 1. The number of halogens is 1. The van der Waals surface area contributed by atoms with Gasteiger partial charge in [-0.3, -0.25) is 9.89 Å². The molecule has 0 bridgehead atoms. The van der Waals surface area contributed by atoms with Crippen molar-refractivity contribution in [1.29, 1.82) is 0 Å². The lowest BCUT2D eigenvalue weighted by Gasteiger charge is -2.31. The Hall–Kier alpha value is -2.51. The first-order valence-corrected chi connectivity index (χ1v) is 10.3. The first-order chi connectivity index (χ1) is 13.6. The highest BCUT2D eigenvalue weighted by Gasteiger charge is 2.54. The van der Waals surface area contributed by atoms with Gasteiger partial charge in [0.15, 0.2) is 5.69 Å². The topological polar surface area (TPSA) is 69.2 Å². The summed E-state index contributed by atoms with van der Waals surface area (Å²) in [6, 6.07) is 12.1. The lowest BCUT2D eigenvalue weighted by atomic mass is 9.82. The normalized spacial score (nSPS) is 26.6. The molecule has 0 spiro atoms. The number of aromatic nitrogens is 2. The van der Waals surface area contributed by atoms with E-state index in [0.717, 1.165) is 17.0 Å². The number of hydrogen-bond donors (Lipinski definition) is 2. The van der Waals surface area contributed by atoms with E-state index in [1.807, 2.05) is 17.5 Å². The number of hydrogen-bond acceptors (Lipinski definition) is 4. The van der Waals surface area contributed by atoms with Gasteiger partial charge in [-0.1, -0.05) is 24.3 Å². The van der Waals surface area contributed by atoms with E-state index in [-0.39, 0.29) is 23.6 Å². The van der Waals surface area contributed by atoms with Crippen LogP contribution in [0.2, 0.25) is 0 Å². The summed E-state index contributed by atoms with van der Waals surface area (Å²) in [6.45, 7) is 0.983. The Morgan fingerprint density at radius 2 is 2.14 bits per heavy atom. The van der Waals surface area contributed by atoms with E-state index in [1.54, 1.807) is 40.5 Å². The minimum Gasteiger partial charge on any atom is -0.385 e. The molecule has 3 atom stereocenters. The largest absolute Gasteiger partial charge is 0.385 e. The van der Waals surface area contributed by atoms with Crippen LogP contribution in [-0.4, -0.2) is 39.2 Å². The van der Waals surface area contributed by atoms with Crippen molar-refractivity contribution in [1.82, 2.24) is 15.1 Å². The molecule has 3 aromatic rings. The number of thiophene rings is 1. The van der Waals surface area contributed by atoms with Crippen LogP contribution in [0, 0.1) is 17.7 Å². The monoisotopic (exact) mass is 397 g/mol. The molecule has 1 aliphatic heterocycles. The van der Waals surface area contributed by atoms with Crippen LogP contribution in [0.4, 0.5) is 4.39 Å². The van der Waals surface area contributed by atoms with Crippen molar-refractivity contribution >= 4 is 17.2 Å². The van der Waals surface area contributed by atoms with E-state index in [0.29, 0.717) is 30.8 Å². The van der Waals surface area contributed by atoms with E-state index in [9.17, 15) is 14.3 Å². The molecule has 3 heterocycles. The highest BCUT2D eigenvalue weighted by atomic mass is 32.1. The van der Waals surface area contributed by atoms with Crippen LogP contribution in [-0.2, 0) is 5.60 Å². The summed E-state index contributed by atoms with van der Waals surface area (Å²) in [5.41, 5.74) is 0.314. The molecular formula is C21H20FN3O2S. The summed E-state index contributed by atoms with van der Waals surface area (Å²) in [7, 11) is 0. The quantitative estimate of drug-likeness (QED) is 0.709. The molecule has 2 aromatic heterocycles. The van der Waals surface area contributed by atoms with Crippen molar-refractivity contribution in [2.45, 2.75) is 18.4 Å². The third kappa shape index (κ3) is 2.69. The van der Waals surface area contributed by atoms with E-state index in [1.165, 1.54) is 6.07 Å². The second kappa shape index (κ2) is 6.53. The number of likely N-dealkylation sites (tertiary alicyclic amines) is 1. The third-order valence-electron chi connectivity index (χ3n) is 6.16. The molecule has 5 nitrogen and oxygen atoms in total. The number of carbonyl (C=O) groups excluding carboxylic acids is 1. The number of H-pyrrole nitrogens is 1. The summed E-state index contributed by atoms with van der Waals surface area (Å²) in [6.07, 6.45) is 1.30. The minimum atomic E-state index is -1.22. The van der Waals surface area contributed by atoms with Gasteiger partial charge < -0.3 is 10.0 Å². The van der Waals surface area contributed by atoms with Crippen LogP contribution >= 0.6 is 11.3 Å². The Balaban J connectivity index is 1.37. The van der Waals surface area contributed by atoms with Gasteiger partial charge in [0.1, 0.15) is 5.82 Å². The summed E-state index contributed by atoms with van der Waals surface area (Å²) < 4.78 is 14.3. The summed E-state index contributed by atoms with van der Waals surface area (Å²) in [5, 5.41) is 20.4. The van der Waals surface area contributed by atoms with Gasteiger partial charge in [-0.05, 0) is 42.3 Å². The molecule has 1 aliphatic carbocycles. The number of aromatic amines is 1. The fourth-order valence-corrected chi connectivity index (χ4v) is 5.45. The molecule has 0 unspecified atom stereocenters. The molecule has 2 aliphatic rings. The van der Waals surface area contributed by atoms with Crippen molar-refractivity contribution < 1.29 is 14.3 Å². The average Bonchev–Trinajstić information content (AvgIpc) is 3.47. The number of rotatable bonds is 3. The number of aliphatic hydroxyl groups is 1. The number of nitrogens with zero attached hydrogens (tertiary/aromatic N) is 2. The first-order valence-electron chi connectivity index (χ1n) is 9.42. The number of fused-ring (bicyclic) bond motifs is 1. The third-order valence-corrected chi connectivity index (χ3v) is 7.06. The fourth-order valence-electron chi connectivity index (χ4n) is 4.76. The van der Waals surface area contributed by atoms with Gasteiger partial charge >= 0.3 is 0 Å². The maximum Gasteiger partial charge on any atom is 0.274 e. The maximum absolute atomic E-state index is 14.3. The predicted octanol–water partition coefficient (Wildman–Crippen LogP) is 3.65. The van der Waals surface area contributed by atoms with Crippen LogP contribution in [0.25, 0.3) is 10.6 Å². The zero-order valence-corrected chi connectivity index (χ0v) is 16.0. The molecule has 28 heavy (non-hydrogen) atoms. The molecular weight excluding hydrogens is 377 g/mol. The highest BCUT2D eigenvalue weighted by molar-refractivity contribution is 7.13. The summed E-state index contributed by atoms with van der Waals surface area (Å²) in [5.74, 6) is -0.527. The highest BCUT2D eigenvalue weighted by Crippen LogP contribution is 2.51. The molecule has 1 saturated carbocycles. The minimum absolute atomic E-state index is 0.149. The lowest BCUT2D eigenvalue weighted by molar-refractivity contribution is -0.00895. The SMILES string of the molecule is O=C(c1cc(-c2cccs2)[nH]n1)N1C[C@H]2CC[C@](O)(c3ccccc3F)[C@H]2C1. The smallest absolute Gasteiger partial charge is 0.274 e. The second-order valence-electron chi connectivity index (χ2n) is 7.66. The molecule has 7 heteroatoms. The van der Waals surface area contributed by atoms with Gasteiger partial charge in [0, 0.05) is 24.6 Å². The molecule has 2 N–H and O–H groups in total. The van der Waals surface area contributed by atoms with Gasteiger partial charge in [0.2, 0.25) is 0 Å². The van der Waals surface area contributed by atoms with E-state index >= 15 is 0 Å². The van der Waals surface area contributed by atoms with Gasteiger partial charge in [0.05, 0.1) is 16.2 Å². The Morgan fingerprint density at radius 3 is 2.93 bits per heavy atom. The average molecular weight is 397 g/mol. The standard InChI is InChI=1S/C21H20FN3O2S/c22-16-5-2-1-4-14(16)21(27)8-7-13-11-25(12-15(13)21)20(26)18-10-17(23-24-18)19-6-3-9-28-19/h1-6,9-10,13,15,27H,7-8,11-12H2,(H,23,24)/t13-,15+,21+/m1/s1. The molecule has 1 amide bonds. The van der Waals surface area contributed by atoms with Crippen molar-refractivity contribution in [2.24, 2.45) is 11.8 Å². The molecule has 144 valence electrons. The van der Waals surface area contributed by atoms with Gasteiger partial charge in [0.25, 0.3) is 5.91 Å². The summed E-state index contributed by atoms with van der Waals surface area (Å²) in [4.78, 5) is 15.7. The Kier molecular flexibility index (Phi) is 4.10. The molecule has 5 rings (SSSR count). The first kappa shape index (κ1) is 17.6. The van der Waals surface area contributed by atoms with Crippen LogP contribution < -0.4 is 0 Å². The van der Waals surface area contributed by atoms with Crippen LogP contribution in [0.1, 0.15) is 28.9 Å². The van der Waals surface area contributed by atoms with E-state index in [4.69, 9.17) is 0 Å². The molecule has 1 aromatic carbocycles. The van der Waals surface area contributed by atoms with E-state index < -0.39 is 5.60 Å². The summed E-state index contributed by atoms with van der Waals surface area (Å²) >= 11 is 1.58. The second-order valence-corrected chi connectivity index (χ2v) is 8.61.